The summed E-state index contributed by atoms with van der Waals surface area (Å²) in [5.74, 6) is 1.03. The summed E-state index contributed by atoms with van der Waals surface area (Å²) >= 11 is 0. The molecule has 0 amide bonds. The molecule has 2 aromatic rings. The smallest absolute Gasteiger partial charge is 0.217 e. The van der Waals surface area contributed by atoms with Gasteiger partial charge in [0.15, 0.2) is 0 Å². The van der Waals surface area contributed by atoms with E-state index in [-0.39, 0.29) is 0 Å². The number of hydrogen-bond acceptors (Lipinski definition) is 5. The molecule has 6 heteroatoms. The fraction of sp³-hybridized carbons (Fsp3) is 0.500. The highest BCUT2D eigenvalue weighted by Gasteiger charge is 2.29. The van der Waals surface area contributed by atoms with E-state index in [1.54, 1.807) is 20.4 Å². The van der Waals surface area contributed by atoms with Crippen LogP contribution in [0.15, 0.2) is 24.5 Å². The Bertz CT molecular complexity index is 641. The molecule has 6 nitrogen and oxygen atoms in total. The molecule has 0 unspecified atom stereocenters. The summed E-state index contributed by atoms with van der Waals surface area (Å²) in [7, 11) is 5.41. The molecule has 1 atom stereocenters. The minimum Gasteiger partial charge on any atom is -0.481 e. The van der Waals surface area contributed by atoms with Crippen LogP contribution in [0.4, 0.5) is 0 Å². The molecular weight excluding hydrogens is 280 g/mol. The Kier molecular flexibility index (Phi) is 4.40. The topological polar surface area (TPSA) is 52.4 Å². The monoisotopic (exact) mass is 302 g/mol. The molecule has 0 bridgehead atoms. The molecule has 0 saturated heterocycles. The van der Waals surface area contributed by atoms with Crippen LogP contribution in [0.3, 0.4) is 0 Å². The maximum atomic E-state index is 5.40. The Morgan fingerprint density at radius 1 is 1.36 bits per heavy atom. The van der Waals surface area contributed by atoms with E-state index in [4.69, 9.17) is 9.47 Å². The molecule has 0 spiro atoms. The largest absolute Gasteiger partial charge is 0.481 e. The van der Waals surface area contributed by atoms with Gasteiger partial charge >= 0.3 is 0 Å². The standard InChI is InChI=1S/C16H22N4O2/c1-19-15-13(7-18-19)9-20(10-14(15)11-21-2)8-12-5-4-6-17-16(12)22-3/h4-7,14H,8-11H2,1-3H3/t14-/m0/s1. The lowest BCUT2D eigenvalue weighted by Gasteiger charge is -2.33. The van der Waals surface area contributed by atoms with Gasteiger partial charge in [-0.1, -0.05) is 6.07 Å². The van der Waals surface area contributed by atoms with Gasteiger partial charge in [-0.15, -0.1) is 0 Å². The number of aromatic nitrogens is 3. The molecule has 1 aliphatic rings. The van der Waals surface area contributed by atoms with Crippen LogP contribution in [-0.2, 0) is 24.9 Å². The summed E-state index contributed by atoms with van der Waals surface area (Å²) in [5.41, 5.74) is 3.67. The van der Waals surface area contributed by atoms with E-state index in [1.807, 2.05) is 24.0 Å². The lowest BCUT2D eigenvalue weighted by Crippen LogP contribution is -2.35. The van der Waals surface area contributed by atoms with Crippen LogP contribution in [0.1, 0.15) is 22.7 Å². The molecule has 0 radical (unpaired) electrons. The second-order valence-electron chi connectivity index (χ2n) is 5.67. The normalized spacial score (nSPS) is 18.2. The molecule has 3 heterocycles. The van der Waals surface area contributed by atoms with Gasteiger partial charge in [-0.25, -0.2) is 4.98 Å². The predicted octanol–water partition coefficient (Wildman–Crippen LogP) is 1.57. The Labute approximate surface area is 130 Å². The zero-order valence-corrected chi connectivity index (χ0v) is 13.3. The van der Waals surface area contributed by atoms with Crippen molar-refractivity contribution in [1.29, 1.82) is 0 Å². The first-order valence-electron chi connectivity index (χ1n) is 7.43. The Morgan fingerprint density at radius 3 is 3.00 bits per heavy atom. The SMILES string of the molecule is COC[C@@H]1CN(Cc2cccnc2OC)Cc2cnn(C)c21. The van der Waals surface area contributed by atoms with Crippen LogP contribution in [-0.4, -0.2) is 47.0 Å². The second kappa shape index (κ2) is 6.46. The van der Waals surface area contributed by atoms with Crippen LogP contribution in [0.5, 0.6) is 5.88 Å². The third-order valence-electron chi connectivity index (χ3n) is 4.13. The average Bonchev–Trinajstić information content (AvgIpc) is 2.90. The van der Waals surface area contributed by atoms with Crippen molar-refractivity contribution in [2.75, 3.05) is 27.4 Å². The number of hydrogen-bond donors (Lipinski definition) is 0. The number of fused-ring (bicyclic) bond motifs is 1. The molecule has 3 rings (SSSR count). The van der Waals surface area contributed by atoms with Gasteiger partial charge in [-0.3, -0.25) is 9.58 Å². The van der Waals surface area contributed by atoms with Crippen LogP contribution in [0.2, 0.25) is 0 Å². The number of rotatable bonds is 5. The van der Waals surface area contributed by atoms with E-state index in [2.05, 4.69) is 21.0 Å². The van der Waals surface area contributed by atoms with E-state index >= 15 is 0 Å². The molecule has 0 saturated carbocycles. The van der Waals surface area contributed by atoms with E-state index < -0.39 is 0 Å². The molecule has 0 aliphatic carbocycles. The van der Waals surface area contributed by atoms with Crippen molar-refractivity contribution in [3.63, 3.8) is 0 Å². The molecule has 2 aromatic heterocycles. The van der Waals surface area contributed by atoms with E-state index in [9.17, 15) is 0 Å². The van der Waals surface area contributed by atoms with Crippen molar-refractivity contribution >= 4 is 0 Å². The fourth-order valence-corrected chi connectivity index (χ4v) is 3.27. The zero-order valence-electron chi connectivity index (χ0n) is 13.3. The summed E-state index contributed by atoms with van der Waals surface area (Å²) in [4.78, 5) is 6.67. The molecule has 1 aliphatic heterocycles. The van der Waals surface area contributed by atoms with Gasteiger partial charge in [0.2, 0.25) is 5.88 Å². The van der Waals surface area contributed by atoms with Gasteiger partial charge < -0.3 is 9.47 Å². The summed E-state index contributed by atoms with van der Waals surface area (Å²) < 4.78 is 12.7. The first-order chi connectivity index (χ1) is 10.7. The highest BCUT2D eigenvalue weighted by Crippen LogP contribution is 2.29. The Hall–Kier alpha value is -1.92. The van der Waals surface area contributed by atoms with Gasteiger partial charge in [0.25, 0.3) is 0 Å². The second-order valence-corrected chi connectivity index (χ2v) is 5.67. The van der Waals surface area contributed by atoms with Crippen molar-refractivity contribution in [1.82, 2.24) is 19.7 Å². The van der Waals surface area contributed by atoms with E-state index in [1.165, 1.54) is 11.3 Å². The number of nitrogens with zero attached hydrogens (tertiary/aromatic N) is 4. The number of pyridine rings is 1. The zero-order chi connectivity index (χ0) is 15.5. The molecule has 118 valence electrons. The summed E-state index contributed by atoms with van der Waals surface area (Å²) in [6.07, 6.45) is 3.72. The van der Waals surface area contributed by atoms with Gasteiger partial charge in [0.05, 0.1) is 19.9 Å². The summed E-state index contributed by atoms with van der Waals surface area (Å²) in [6.45, 7) is 3.35. The number of aryl methyl sites for hydroxylation is 1. The van der Waals surface area contributed by atoms with E-state index in [0.29, 0.717) is 18.4 Å². The maximum absolute atomic E-state index is 5.40. The van der Waals surface area contributed by atoms with E-state index in [0.717, 1.165) is 25.2 Å². The van der Waals surface area contributed by atoms with Crippen molar-refractivity contribution in [3.8, 4) is 5.88 Å². The summed E-state index contributed by atoms with van der Waals surface area (Å²) in [5, 5.41) is 4.40. The molecule has 0 fully saturated rings. The highest BCUT2D eigenvalue weighted by molar-refractivity contribution is 5.28. The minimum absolute atomic E-state index is 0.337. The minimum atomic E-state index is 0.337. The summed E-state index contributed by atoms with van der Waals surface area (Å²) in [6, 6.07) is 4.01. The molecule has 22 heavy (non-hydrogen) atoms. The highest BCUT2D eigenvalue weighted by atomic mass is 16.5. The van der Waals surface area contributed by atoms with Gasteiger partial charge in [-0.05, 0) is 6.07 Å². The van der Waals surface area contributed by atoms with Crippen LogP contribution in [0, 0.1) is 0 Å². The van der Waals surface area contributed by atoms with Gasteiger partial charge in [0.1, 0.15) is 0 Å². The van der Waals surface area contributed by atoms with Crippen molar-refractivity contribution < 1.29 is 9.47 Å². The van der Waals surface area contributed by atoms with Crippen molar-refractivity contribution in [2.24, 2.45) is 7.05 Å². The van der Waals surface area contributed by atoms with Crippen LogP contribution < -0.4 is 4.74 Å². The third-order valence-corrected chi connectivity index (χ3v) is 4.13. The van der Waals surface area contributed by atoms with Crippen molar-refractivity contribution in [2.45, 2.75) is 19.0 Å². The third kappa shape index (κ3) is 2.84. The number of methoxy groups -OCH3 is 2. The lowest BCUT2D eigenvalue weighted by molar-refractivity contribution is 0.132. The Morgan fingerprint density at radius 2 is 2.23 bits per heavy atom. The molecular formula is C16H22N4O2. The first kappa shape index (κ1) is 15.0. The molecule has 0 N–H and O–H groups in total. The fourth-order valence-electron chi connectivity index (χ4n) is 3.27. The van der Waals surface area contributed by atoms with Crippen LogP contribution in [0.25, 0.3) is 0 Å². The van der Waals surface area contributed by atoms with Crippen molar-refractivity contribution in [3.05, 3.63) is 41.3 Å². The average molecular weight is 302 g/mol. The lowest BCUT2D eigenvalue weighted by atomic mass is 9.96. The van der Waals surface area contributed by atoms with Crippen LogP contribution >= 0.6 is 0 Å². The first-order valence-corrected chi connectivity index (χ1v) is 7.43. The van der Waals surface area contributed by atoms with Gasteiger partial charge in [0, 0.05) is 62.7 Å². The maximum Gasteiger partial charge on any atom is 0.217 e. The quantitative estimate of drug-likeness (QED) is 0.839. The van der Waals surface area contributed by atoms with Gasteiger partial charge in [-0.2, -0.15) is 5.10 Å². The Balaban J connectivity index is 1.82. The number of ether oxygens (including phenoxy) is 2. The predicted molar refractivity (Wildman–Crippen MR) is 82.7 cm³/mol. The molecule has 0 aromatic carbocycles.